The molecule has 1 heterocycles. The lowest BCUT2D eigenvalue weighted by Gasteiger charge is -2.36. The normalized spacial score (nSPS) is 22.4. The SMILES string of the molecule is CCOCC(C)(C(=O)O)N1CCCNCC1. The minimum absolute atomic E-state index is 0.249. The molecular weight excluding hydrogens is 208 g/mol. The van der Waals surface area contributed by atoms with Crippen LogP contribution in [0.15, 0.2) is 0 Å². The van der Waals surface area contributed by atoms with Gasteiger partial charge in [-0.2, -0.15) is 0 Å². The van der Waals surface area contributed by atoms with Gasteiger partial charge in [0.1, 0.15) is 5.54 Å². The molecule has 0 aromatic rings. The molecular formula is C11H22N2O3. The van der Waals surface area contributed by atoms with Crippen LogP contribution >= 0.6 is 0 Å². The smallest absolute Gasteiger partial charge is 0.326 e. The molecule has 0 saturated carbocycles. The fraction of sp³-hybridized carbons (Fsp3) is 0.909. The number of nitrogens with one attached hydrogen (secondary N) is 1. The molecule has 1 rings (SSSR count). The molecule has 0 aliphatic carbocycles. The van der Waals surface area contributed by atoms with Gasteiger partial charge in [0, 0.05) is 26.2 Å². The zero-order valence-electron chi connectivity index (χ0n) is 10.2. The van der Waals surface area contributed by atoms with E-state index >= 15 is 0 Å². The van der Waals surface area contributed by atoms with Crippen LogP contribution in [-0.2, 0) is 9.53 Å². The van der Waals surface area contributed by atoms with Crippen molar-refractivity contribution in [3.8, 4) is 0 Å². The molecule has 1 fully saturated rings. The van der Waals surface area contributed by atoms with Crippen LogP contribution in [0, 0.1) is 0 Å². The van der Waals surface area contributed by atoms with Crippen LogP contribution in [0.25, 0.3) is 0 Å². The van der Waals surface area contributed by atoms with E-state index in [1.807, 2.05) is 11.8 Å². The van der Waals surface area contributed by atoms with Gasteiger partial charge in [-0.15, -0.1) is 0 Å². The lowest BCUT2D eigenvalue weighted by Crippen LogP contribution is -2.56. The second-order valence-electron chi connectivity index (χ2n) is 4.31. The highest BCUT2D eigenvalue weighted by Gasteiger charge is 2.39. The van der Waals surface area contributed by atoms with E-state index in [9.17, 15) is 9.90 Å². The molecule has 0 radical (unpaired) electrons. The number of carboxylic acid groups (broad SMARTS) is 1. The third kappa shape index (κ3) is 3.17. The Labute approximate surface area is 96.8 Å². The maximum Gasteiger partial charge on any atom is 0.326 e. The van der Waals surface area contributed by atoms with E-state index in [1.165, 1.54) is 0 Å². The van der Waals surface area contributed by atoms with Crippen molar-refractivity contribution in [1.82, 2.24) is 10.2 Å². The highest BCUT2D eigenvalue weighted by molar-refractivity contribution is 5.78. The first kappa shape index (κ1) is 13.4. The van der Waals surface area contributed by atoms with Crippen LogP contribution in [0.1, 0.15) is 20.3 Å². The van der Waals surface area contributed by atoms with E-state index in [-0.39, 0.29) is 6.61 Å². The lowest BCUT2D eigenvalue weighted by molar-refractivity contribution is -0.154. The van der Waals surface area contributed by atoms with Crippen molar-refractivity contribution in [1.29, 1.82) is 0 Å². The van der Waals surface area contributed by atoms with E-state index in [0.717, 1.165) is 32.6 Å². The van der Waals surface area contributed by atoms with Gasteiger partial charge >= 0.3 is 5.97 Å². The van der Waals surface area contributed by atoms with Gasteiger partial charge < -0.3 is 15.2 Å². The fourth-order valence-electron chi connectivity index (χ4n) is 1.93. The first-order valence-electron chi connectivity index (χ1n) is 5.88. The second-order valence-corrected chi connectivity index (χ2v) is 4.31. The van der Waals surface area contributed by atoms with Crippen molar-refractivity contribution in [2.75, 3.05) is 39.4 Å². The summed E-state index contributed by atoms with van der Waals surface area (Å²) < 4.78 is 5.31. The Morgan fingerprint density at radius 1 is 1.50 bits per heavy atom. The Morgan fingerprint density at radius 2 is 2.25 bits per heavy atom. The number of rotatable bonds is 5. The molecule has 94 valence electrons. The van der Waals surface area contributed by atoms with Crippen molar-refractivity contribution >= 4 is 5.97 Å². The van der Waals surface area contributed by atoms with Gasteiger partial charge in [0.25, 0.3) is 0 Å². The molecule has 1 saturated heterocycles. The van der Waals surface area contributed by atoms with Gasteiger partial charge in [0.2, 0.25) is 0 Å². The Morgan fingerprint density at radius 3 is 2.88 bits per heavy atom. The van der Waals surface area contributed by atoms with Crippen molar-refractivity contribution < 1.29 is 14.6 Å². The predicted octanol–water partition coefficient (Wildman–Crippen LogP) is 0.162. The van der Waals surface area contributed by atoms with Crippen molar-refractivity contribution in [2.45, 2.75) is 25.8 Å². The number of carboxylic acids is 1. The van der Waals surface area contributed by atoms with Gasteiger partial charge in [-0.3, -0.25) is 9.69 Å². The third-order valence-corrected chi connectivity index (χ3v) is 3.09. The van der Waals surface area contributed by atoms with E-state index < -0.39 is 11.5 Å². The molecule has 0 bridgehead atoms. The maximum atomic E-state index is 11.4. The third-order valence-electron chi connectivity index (χ3n) is 3.09. The summed E-state index contributed by atoms with van der Waals surface area (Å²) in [6.45, 7) is 7.80. The standard InChI is InChI=1S/C11H22N2O3/c1-3-16-9-11(2,10(14)15)13-7-4-5-12-6-8-13/h12H,3-9H2,1-2H3,(H,14,15). The Kier molecular flexibility index (Phi) is 5.18. The Bertz CT molecular complexity index is 227. The molecule has 0 aromatic carbocycles. The quantitative estimate of drug-likeness (QED) is 0.704. The summed E-state index contributed by atoms with van der Waals surface area (Å²) >= 11 is 0. The molecule has 1 unspecified atom stereocenters. The monoisotopic (exact) mass is 230 g/mol. The average Bonchev–Trinajstić information content (AvgIpc) is 2.54. The number of hydrogen-bond donors (Lipinski definition) is 2. The van der Waals surface area contributed by atoms with Crippen molar-refractivity contribution in [3.05, 3.63) is 0 Å². The van der Waals surface area contributed by atoms with Crippen LogP contribution in [0.3, 0.4) is 0 Å². The maximum absolute atomic E-state index is 11.4. The summed E-state index contributed by atoms with van der Waals surface area (Å²) in [6, 6.07) is 0. The summed E-state index contributed by atoms with van der Waals surface area (Å²) in [6.07, 6.45) is 0.981. The van der Waals surface area contributed by atoms with Crippen LogP contribution in [0.5, 0.6) is 0 Å². The van der Waals surface area contributed by atoms with Crippen LogP contribution < -0.4 is 5.32 Å². The van der Waals surface area contributed by atoms with E-state index in [1.54, 1.807) is 6.92 Å². The summed E-state index contributed by atoms with van der Waals surface area (Å²) in [5.41, 5.74) is -0.901. The lowest BCUT2D eigenvalue weighted by atomic mass is 10.0. The average molecular weight is 230 g/mol. The summed E-state index contributed by atoms with van der Waals surface area (Å²) in [5.74, 6) is -0.803. The number of nitrogens with zero attached hydrogens (tertiary/aromatic N) is 1. The van der Waals surface area contributed by atoms with Crippen molar-refractivity contribution in [3.63, 3.8) is 0 Å². The minimum Gasteiger partial charge on any atom is -0.480 e. The largest absolute Gasteiger partial charge is 0.480 e. The summed E-state index contributed by atoms with van der Waals surface area (Å²) in [5, 5.41) is 12.6. The summed E-state index contributed by atoms with van der Waals surface area (Å²) in [7, 11) is 0. The van der Waals surface area contributed by atoms with Gasteiger partial charge in [-0.05, 0) is 26.8 Å². The van der Waals surface area contributed by atoms with E-state index in [0.29, 0.717) is 6.61 Å². The number of hydrogen-bond acceptors (Lipinski definition) is 4. The molecule has 0 amide bonds. The molecule has 0 aromatic heterocycles. The molecule has 1 atom stereocenters. The van der Waals surface area contributed by atoms with Gasteiger partial charge in [-0.25, -0.2) is 0 Å². The zero-order valence-corrected chi connectivity index (χ0v) is 10.2. The van der Waals surface area contributed by atoms with Crippen LogP contribution in [0.2, 0.25) is 0 Å². The summed E-state index contributed by atoms with van der Waals surface area (Å²) in [4.78, 5) is 13.4. The molecule has 16 heavy (non-hydrogen) atoms. The van der Waals surface area contributed by atoms with Crippen molar-refractivity contribution in [2.24, 2.45) is 0 Å². The highest BCUT2D eigenvalue weighted by Crippen LogP contribution is 2.17. The number of ether oxygens (including phenoxy) is 1. The number of aliphatic carboxylic acids is 1. The first-order chi connectivity index (χ1) is 7.61. The first-order valence-corrected chi connectivity index (χ1v) is 5.88. The van der Waals surface area contributed by atoms with Gasteiger partial charge in [-0.1, -0.05) is 0 Å². The van der Waals surface area contributed by atoms with Gasteiger partial charge in [0.05, 0.1) is 6.61 Å². The van der Waals surface area contributed by atoms with E-state index in [2.05, 4.69) is 5.32 Å². The predicted molar refractivity (Wildman–Crippen MR) is 61.6 cm³/mol. The van der Waals surface area contributed by atoms with E-state index in [4.69, 9.17) is 4.74 Å². The Hall–Kier alpha value is -0.650. The Balaban J connectivity index is 2.69. The molecule has 2 N–H and O–H groups in total. The fourth-order valence-corrected chi connectivity index (χ4v) is 1.93. The topological polar surface area (TPSA) is 61.8 Å². The second kappa shape index (κ2) is 6.18. The number of carbonyl (C=O) groups is 1. The van der Waals surface area contributed by atoms with Crippen LogP contribution in [-0.4, -0.2) is 60.9 Å². The zero-order chi connectivity index (χ0) is 12.0. The van der Waals surface area contributed by atoms with Gasteiger partial charge in [0.15, 0.2) is 0 Å². The highest BCUT2D eigenvalue weighted by atomic mass is 16.5. The van der Waals surface area contributed by atoms with Crippen LogP contribution in [0.4, 0.5) is 0 Å². The molecule has 1 aliphatic rings. The minimum atomic E-state index is -0.901. The molecule has 5 heteroatoms. The molecule has 1 aliphatic heterocycles. The molecule has 5 nitrogen and oxygen atoms in total. The molecule has 0 spiro atoms.